The summed E-state index contributed by atoms with van der Waals surface area (Å²) in [6.07, 6.45) is 12.3. The Kier molecular flexibility index (Phi) is 7.82. The van der Waals surface area contributed by atoms with Crippen molar-refractivity contribution in [1.82, 2.24) is 10.7 Å². The predicted octanol–water partition coefficient (Wildman–Crippen LogP) is 4.76. The Bertz CT molecular complexity index is 822. The number of allylic oxidation sites excluding steroid dienone is 2. The zero-order valence-corrected chi connectivity index (χ0v) is 17.7. The van der Waals surface area contributed by atoms with Crippen LogP contribution in [0.15, 0.2) is 80.6 Å². The van der Waals surface area contributed by atoms with E-state index in [0.717, 1.165) is 29.9 Å². The molecule has 0 bridgehead atoms. The van der Waals surface area contributed by atoms with E-state index in [2.05, 4.69) is 94.0 Å². The fourth-order valence-electron chi connectivity index (χ4n) is 2.51. The van der Waals surface area contributed by atoms with Gasteiger partial charge < -0.3 is 5.32 Å². The highest BCUT2D eigenvalue weighted by atomic mass is 32.2. The zero-order valence-electron chi connectivity index (χ0n) is 16.1. The lowest BCUT2D eigenvalue weighted by molar-refractivity contribution is 0.918. The number of hydrogen-bond donors (Lipinski definition) is 2. The molecule has 1 aliphatic rings. The molecule has 144 valence electrons. The first kappa shape index (κ1) is 20.3. The van der Waals surface area contributed by atoms with Crippen LogP contribution >= 0.6 is 23.5 Å². The molecule has 0 atom stereocenters. The first-order valence-corrected chi connectivity index (χ1v) is 11.5. The summed E-state index contributed by atoms with van der Waals surface area (Å²) in [6.45, 7) is 1.63. The van der Waals surface area contributed by atoms with E-state index in [1.165, 1.54) is 9.79 Å². The van der Waals surface area contributed by atoms with Gasteiger partial charge in [0.25, 0.3) is 0 Å². The molecule has 0 aromatic heterocycles. The van der Waals surface area contributed by atoms with E-state index in [9.17, 15) is 0 Å². The third-order valence-electron chi connectivity index (χ3n) is 4.09. The van der Waals surface area contributed by atoms with E-state index >= 15 is 0 Å². The monoisotopic (exact) mass is 408 g/mol. The Balaban J connectivity index is 1.75. The number of benzene rings is 2. The molecule has 2 aromatic carbocycles. The van der Waals surface area contributed by atoms with Crippen molar-refractivity contribution in [2.45, 2.75) is 9.79 Å². The van der Waals surface area contributed by atoms with Crippen molar-refractivity contribution in [3.05, 3.63) is 71.8 Å². The third kappa shape index (κ3) is 6.32. The van der Waals surface area contributed by atoms with Crippen molar-refractivity contribution in [3.8, 4) is 0 Å². The normalized spacial score (nSPS) is 13.6. The molecule has 1 heterocycles. The van der Waals surface area contributed by atoms with Gasteiger partial charge in [0, 0.05) is 16.3 Å². The summed E-state index contributed by atoms with van der Waals surface area (Å²) < 4.78 is 0. The molecule has 28 heavy (non-hydrogen) atoms. The number of aliphatic imine (C=N–C) groups is 1. The van der Waals surface area contributed by atoms with Gasteiger partial charge in [0.2, 0.25) is 5.96 Å². The molecular formula is C22H24N4S2. The number of nitrogens with zero attached hydrogens (tertiary/aromatic N) is 2. The number of thioether (sulfide) groups is 2. The molecular weight excluding hydrogens is 384 g/mol. The number of hydrazone groups is 1. The largest absolute Gasteiger partial charge is 0.353 e. The van der Waals surface area contributed by atoms with Gasteiger partial charge in [-0.3, -0.25) is 0 Å². The van der Waals surface area contributed by atoms with Gasteiger partial charge in [-0.2, -0.15) is 5.10 Å². The Morgan fingerprint density at radius 3 is 1.89 bits per heavy atom. The predicted molar refractivity (Wildman–Crippen MR) is 125 cm³/mol. The molecule has 0 radical (unpaired) electrons. The third-order valence-corrected chi connectivity index (χ3v) is 5.58. The topological polar surface area (TPSA) is 48.8 Å². The van der Waals surface area contributed by atoms with Gasteiger partial charge in [0.15, 0.2) is 0 Å². The zero-order chi connectivity index (χ0) is 19.6. The van der Waals surface area contributed by atoms with E-state index in [0.29, 0.717) is 5.96 Å². The number of hydrogen-bond acceptors (Lipinski definition) is 6. The van der Waals surface area contributed by atoms with Crippen LogP contribution in [-0.4, -0.2) is 37.3 Å². The SMILES string of the molecule is CSc1ccc(C=CC(C=Cc2ccc(SC)cc2)=NNC2=NCCN2)cc1. The van der Waals surface area contributed by atoms with Gasteiger partial charge >= 0.3 is 0 Å². The highest BCUT2D eigenvalue weighted by molar-refractivity contribution is 7.98. The molecule has 1 aliphatic heterocycles. The smallest absolute Gasteiger partial charge is 0.212 e. The Hall–Kier alpha value is -2.44. The quantitative estimate of drug-likeness (QED) is 0.394. The Morgan fingerprint density at radius 1 is 0.929 bits per heavy atom. The Morgan fingerprint density at radius 2 is 1.46 bits per heavy atom. The van der Waals surface area contributed by atoms with Crippen LogP contribution in [0.3, 0.4) is 0 Å². The lowest BCUT2D eigenvalue weighted by Gasteiger charge is -2.02. The van der Waals surface area contributed by atoms with Gasteiger partial charge in [0.05, 0.1) is 12.3 Å². The van der Waals surface area contributed by atoms with Crippen LogP contribution in [0.5, 0.6) is 0 Å². The van der Waals surface area contributed by atoms with Crippen LogP contribution in [0.2, 0.25) is 0 Å². The first-order chi connectivity index (χ1) is 13.8. The molecule has 6 heteroatoms. The average molecular weight is 409 g/mol. The van der Waals surface area contributed by atoms with Crippen molar-refractivity contribution in [2.24, 2.45) is 10.1 Å². The second-order valence-electron chi connectivity index (χ2n) is 6.02. The summed E-state index contributed by atoms with van der Waals surface area (Å²) in [4.78, 5) is 6.83. The molecule has 0 fully saturated rings. The minimum Gasteiger partial charge on any atom is -0.353 e. The van der Waals surface area contributed by atoms with E-state index in [-0.39, 0.29) is 0 Å². The number of rotatable bonds is 7. The fourth-order valence-corrected chi connectivity index (χ4v) is 3.33. The van der Waals surface area contributed by atoms with Crippen molar-refractivity contribution in [1.29, 1.82) is 0 Å². The first-order valence-electron chi connectivity index (χ1n) is 9.03. The summed E-state index contributed by atoms with van der Waals surface area (Å²) in [5.41, 5.74) is 6.10. The highest BCUT2D eigenvalue weighted by Gasteiger charge is 2.02. The molecule has 0 aliphatic carbocycles. The fraction of sp³-hybridized carbons (Fsp3) is 0.182. The van der Waals surface area contributed by atoms with Crippen LogP contribution in [0.25, 0.3) is 12.2 Å². The van der Waals surface area contributed by atoms with Gasteiger partial charge in [-0.25, -0.2) is 10.4 Å². The van der Waals surface area contributed by atoms with Crippen LogP contribution < -0.4 is 10.7 Å². The van der Waals surface area contributed by atoms with Crippen LogP contribution in [0.1, 0.15) is 11.1 Å². The van der Waals surface area contributed by atoms with Gasteiger partial charge in [0.1, 0.15) is 0 Å². The maximum atomic E-state index is 4.49. The molecule has 0 saturated heterocycles. The van der Waals surface area contributed by atoms with E-state index in [1.807, 2.05) is 12.2 Å². The summed E-state index contributed by atoms with van der Waals surface area (Å²) >= 11 is 3.48. The molecule has 0 amide bonds. The molecule has 2 N–H and O–H groups in total. The number of guanidine groups is 1. The van der Waals surface area contributed by atoms with Crippen molar-refractivity contribution >= 4 is 47.3 Å². The lowest BCUT2D eigenvalue weighted by atomic mass is 10.1. The van der Waals surface area contributed by atoms with Crippen LogP contribution in [0.4, 0.5) is 0 Å². The summed E-state index contributed by atoms with van der Waals surface area (Å²) in [7, 11) is 0. The molecule has 2 aromatic rings. The second-order valence-corrected chi connectivity index (χ2v) is 7.78. The van der Waals surface area contributed by atoms with E-state index in [4.69, 9.17) is 0 Å². The summed E-state index contributed by atoms with van der Waals surface area (Å²) in [5, 5.41) is 7.66. The average Bonchev–Trinajstić information content (AvgIpc) is 3.27. The number of nitrogens with one attached hydrogen (secondary N) is 2. The standard InChI is InChI=1S/C22H24N4S2/c1-27-20-11-5-17(6-12-20)3-9-19(25-26-22-23-15-16-24-22)10-4-18-7-13-21(28-2)14-8-18/h3-14H,15-16H2,1-2H3,(H2,23,24,26). The summed E-state index contributed by atoms with van der Waals surface area (Å²) in [5.74, 6) is 0.716. The van der Waals surface area contributed by atoms with Gasteiger partial charge in [-0.05, 0) is 60.1 Å². The molecule has 0 spiro atoms. The minimum atomic E-state index is 0.716. The van der Waals surface area contributed by atoms with Crippen molar-refractivity contribution in [2.75, 3.05) is 25.6 Å². The molecule has 3 rings (SSSR count). The second kappa shape index (κ2) is 10.8. The molecule has 4 nitrogen and oxygen atoms in total. The lowest BCUT2D eigenvalue weighted by Crippen LogP contribution is -2.30. The highest BCUT2D eigenvalue weighted by Crippen LogP contribution is 2.16. The van der Waals surface area contributed by atoms with Gasteiger partial charge in [-0.15, -0.1) is 23.5 Å². The van der Waals surface area contributed by atoms with Crippen molar-refractivity contribution in [3.63, 3.8) is 0 Å². The minimum absolute atomic E-state index is 0.716. The maximum absolute atomic E-state index is 4.49. The van der Waals surface area contributed by atoms with Crippen LogP contribution in [-0.2, 0) is 0 Å². The molecule has 0 unspecified atom stereocenters. The van der Waals surface area contributed by atoms with Gasteiger partial charge in [-0.1, -0.05) is 36.4 Å². The Labute approximate surface area is 175 Å². The van der Waals surface area contributed by atoms with Crippen molar-refractivity contribution < 1.29 is 0 Å². The van der Waals surface area contributed by atoms with E-state index in [1.54, 1.807) is 23.5 Å². The maximum Gasteiger partial charge on any atom is 0.212 e. The molecule has 0 saturated carbocycles. The van der Waals surface area contributed by atoms with E-state index < -0.39 is 0 Å². The van der Waals surface area contributed by atoms with Crippen LogP contribution in [0, 0.1) is 0 Å². The summed E-state index contributed by atoms with van der Waals surface area (Å²) in [6, 6.07) is 16.9.